The van der Waals surface area contributed by atoms with E-state index in [1.807, 2.05) is 30.1 Å². The van der Waals surface area contributed by atoms with Crippen molar-refractivity contribution in [3.8, 4) is 0 Å². The fourth-order valence-corrected chi connectivity index (χ4v) is 2.35. The molecule has 4 heteroatoms. The lowest BCUT2D eigenvalue weighted by Gasteiger charge is -2.23. The summed E-state index contributed by atoms with van der Waals surface area (Å²) >= 11 is 0. The summed E-state index contributed by atoms with van der Waals surface area (Å²) in [6, 6.07) is 14.6. The van der Waals surface area contributed by atoms with Gasteiger partial charge in [0.2, 0.25) is 5.91 Å². The molecule has 3 N–H and O–H groups in total. The van der Waals surface area contributed by atoms with Gasteiger partial charge in [0.15, 0.2) is 0 Å². The van der Waals surface area contributed by atoms with Gasteiger partial charge in [-0.2, -0.15) is 0 Å². The Morgan fingerprint density at radius 3 is 2.50 bits per heavy atom. The Morgan fingerprint density at radius 1 is 1.18 bits per heavy atom. The number of benzene rings is 2. The van der Waals surface area contributed by atoms with Crippen LogP contribution in [-0.4, -0.2) is 37.0 Å². The van der Waals surface area contributed by atoms with E-state index in [0.29, 0.717) is 19.1 Å². The summed E-state index contributed by atoms with van der Waals surface area (Å²) < 4.78 is 0. The maximum absolute atomic E-state index is 12.2. The zero-order valence-electron chi connectivity index (χ0n) is 13.5. The highest BCUT2D eigenvalue weighted by Crippen LogP contribution is 2.20. The van der Waals surface area contributed by atoms with Gasteiger partial charge in [0.1, 0.15) is 0 Å². The van der Waals surface area contributed by atoms with Gasteiger partial charge in [-0.15, -0.1) is 0 Å². The molecule has 0 aliphatic rings. The van der Waals surface area contributed by atoms with Crippen LogP contribution in [0.2, 0.25) is 0 Å². The lowest BCUT2D eigenvalue weighted by molar-refractivity contribution is -0.123. The Balaban J connectivity index is 2.11. The molecule has 118 valence electrons. The van der Waals surface area contributed by atoms with Gasteiger partial charge in [-0.25, -0.2) is 0 Å². The molecule has 0 fully saturated rings. The van der Waals surface area contributed by atoms with Crippen molar-refractivity contribution >= 4 is 16.7 Å². The Kier molecular flexibility index (Phi) is 5.52. The lowest BCUT2D eigenvalue weighted by atomic mass is 10.0. The zero-order chi connectivity index (χ0) is 16.1. The minimum Gasteiger partial charge on any atom is -0.347 e. The summed E-state index contributed by atoms with van der Waals surface area (Å²) in [5.74, 6) is -0.000177. The Bertz CT molecular complexity index is 639. The second-order valence-electron chi connectivity index (χ2n) is 5.97. The number of carbonyl (C=O) groups is 1. The summed E-state index contributed by atoms with van der Waals surface area (Å²) in [5.41, 5.74) is 6.90. The Labute approximate surface area is 132 Å². The molecule has 22 heavy (non-hydrogen) atoms. The van der Waals surface area contributed by atoms with Crippen molar-refractivity contribution in [2.75, 3.05) is 20.1 Å². The van der Waals surface area contributed by atoms with Crippen molar-refractivity contribution in [2.45, 2.75) is 25.9 Å². The fourth-order valence-electron chi connectivity index (χ4n) is 2.35. The highest BCUT2D eigenvalue weighted by molar-refractivity contribution is 5.83. The molecule has 1 amide bonds. The molecule has 0 bridgehead atoms. The number of nitrogens with one attached hydrogen (secondary N) is 1. The first-order valence-electron chi connectivity index (χ1n) is 7.69. The SMILES string of the molecule is CC(C)N(C)CC(=O)NC(CN)c1ccc2ccccc2c1. The third-order valence-corrected chi connectivity index (χ3v) is 4.02. The van der Waals surface area contributed by atoms with Crippen LogP contribution in [0.5, 0.6) is 0 Å². The molecule has 0 spiro atoms. The van der Waals surface area contributed by atoms with Crippen LogP contribution in [0.25, 0.3) is 10.8 Å². The summed E-state index contributed by atoms with van der Waals surface area (Å²) in [7, 11) is 1.94. The van der Waals surface area contributed by atoms with Gasteiger partial charge >= 0.3 is 0 Å². The van der Waals surface area contributed by atoms with Crippen molar-refractivity contribution in [3.63, 3.8) is 0 Å². The maximum Gasteiger partial charge on any atom is 0.234 e. The average molecular weight is 299 g/mol. The quantitative estimate of drug-likeness (QED) is 0.860. The van der Waals surface area contributed by atoms with E-state index in [-0.39, 0.29) is 11.9 Å². The van der Waals surface area contributed by atoms with Crippen LogP contribution in [0.3, 0.4) is 0 Å². The molecule has 0 radical (unpaired) electrons. The first-order valence-corrected chi connectivity index (χ1v) is 7.69. The highest BCUT2D eigenvalue weighted by Gasteiger charge is 2.15. The molecule has 2 aromatic carbocycles. The average Bonchev–Trinajstić information content (AvgIpc) is 2.52. The van der Waals surface area contributed by atoms with Crippen LogP contribution in [0, 0.1) is 0 Å². The number of amides is 1. The number of likely N-dealkylation sites (N-methyl/N-ethyl adjacent to an activating group) is 1. The molecular formula is C18H25N3O. The molecule has 0 saturated carbocycles. The van der Waals surface area contributed by atoms with Crippen molar-refractivity contribution in [2.24, 2.45) is 5.73 Å². The minimum absolute atomic E-state index is 0.000177. The molecule has 0 aliphatic carbocycles. The van der Waals surface area contributed by atoms with Gasteiger partial charge in [-0.1, -0.05) is 36.4 Å². The van der Waals surface area contributed by atoms with E-state index in [2.05, 4.69) is 43.4 Å². The van der Waals surface area contributed by atoms with Gasteiger partial charge in [0.25, 0.3) is 0 Å². The second-order valence-corrected chi connectivity index (χ2v) is 5.97. The van der Waals surface area contributed by atoms with Crippen LogP contribution in [0.4, 0.5) is 0 Å². The van der Waals surface area contributed by atoms with E-state index in [0.717, 1.165) is 10.9 Å². The molecule has 0 aliphatic heterocycles. The number of fused-ring (bicyclic) bond motifs is 1. The molecule has 0 saturated heterocycles. The van der Waals surface area contributed by atoms with Gasteiger partial charge in [-0.3, -0.25) is 9.69 Å². The molecule has 1 unspecified atom stereocenters. The molecule has 1 atom stereocenters. The molecule has 0 heterocycles. The summed E-state index contributed by atoms with van der Waals surface area (Å²) in [5, 5.41) is 5.37. The van der Waals surface area contributed by atoms with E-state index in [1.165, 1.54) is 5.39 Å². The third-order valence-electron chi connectivity index (χ3n) is 4.02. The number of hydrogen-bond acceptors (Lipinski definition) is 3. The maximum atomic E-state index is 12.2. The summed E-state index contributed by atoms with van der Waals surface area (Å²) in [6.45, 7) is 4.89. The van der Waals surface area contributed by atoms with Crippen LogP contribution in [0.15, 0.2) is 42.5 Å². The van der Waals surface area contributed by atoms with Gasteiger partial charge in [0, 0.05) is 12.6 Å². The van der Waals surface area contributed by atoms with Crippen LogP contribution in [0.1, 0.15) is 25.5 Å². The van der Waals surface area contributed by atoms with E-state index in [1.54, 1.807) is 0 Å². The number of rotatable bonds is 6. The Morgan fingerprint density at radius 2 is 1.86 bits per heavy atom. The summed E-state index contributed by atoms with van der Waals surface area (Å²) in [4.78, 5) is 14.2. The first-order chi connectivity index (χ1) is 10.5. The molecule has 2 aromatic rings. The van der Waals surface area contributed by atoms with E-state index >= 15 is 0 Å². The van der Waals surface area contributed by atoms with Crippen LogP contribution >= 0.6 is 0 Å². The van der Waals surface area contributed by atoms with E-state index in [4.69, 9.17) is 5.73 Å². The van der Waals surface area contributed by atoms with Gasteiger partial charge < -0.3 is 11.1 Å². The number of hydrogen-bond donors (Lipinski definition) is 2. The molecule has 0 aromatic heterocycles. The topological polar surface area (TPSA) is 58.4 Å². The van der Waals surface area contributed by atoms with Gasteiger partial charge in [0.05, 0.1) is 12.6 Å². The largest absolute Gasteiger partial charge is 0.347 e. The highest BCUT2D eigenvalue weighted by atomic mass is 16.2. The predicted molar refractivity (Wildman–Crippen MR) is 91.7 cm³/mol. The normalized spacial score (nSPS) is 12.8. The second kappa shape index (κ2) is 7.38. The molecule has 4 nitrogen and oxygen atoms in total. The monoisotopic (exact) mass is 299 g/mol. The smallest absolute Gasteiger partial charge is 0.234 e. The fraction of sp³-hybridized carbons (Fsp3) is 0.389. The standard InChI is InChI=1S/C18H25N3O/c1-13(2)21(3)12-18(22)20-17(11-19)16-9-8-14-6-4-5-7-15(14)10-16/h4-10,13,17H,11-12,19H2,1-3H3,(H,20,22). The summed E-state index contributed by atoms with van der Waals surface area (Å²) in [6.07, 6.45) is 0. The first kappa shape index (κ1) is 16.5. The number of nitrogens with two attached hydrogens (primary N) is 1. The number of carbonyl (C=O) groups excluding carboxylic acids is 1. The van der Waals surface area contributed by atoms with Gasteiger partial charge in [-0.05, 0) is 43.3 Å². The van der Waals surface area contributed by atoms with Crippen LogP contribution in [-0.2, 0) is 4.79 Å². The number of nitrogens with zero attached hydrogens (tertiary/aromatic N) is 1. The Hall–Kier alpha value is -1.91. The van der Waals surface area contributed by atoms with E-state index < -0.39 is 0 Å². The van der Waals surface area contributed by atoms with Crippen LogP contribution < -0.4 is 11.1 Å². The van der Waals surface area contributed by atoms with Crippen molar-refractivity contribution in [1.29, 1.82) is 0 Å². The minimum atomic E-state index is -0.155. The predicted octanol–water partition coefficient (Wildman–Crippen LogP) is 2.30. The zero-order valence-corrected chi connectivity index (χ0v) is 13.5. The van der Waals surface area contributed by atoms with E-state index in [9.17, 15) is 4.79 Å². The van der Waals surface area contributed by atoms with Crippen molar-refractivity contribution < 1.29 is 4.79 Å². The van der Waals surface area contributed by atoms with Crippen molar-refractivity contribution in [3.05, 3.63) is 48.0 Å². The third kappa shape index (κ3) is 4.06. The van der Waals surface area contributed by atoms with Crippen molar-refractivity contribution in [1.82, 2.24) is 10.2 Å². The molecule has 2 rings (SSSR count). The lowest BCUT2D eigenvalue weighted by Crippen LogP contribution is -2.41. The molecular weight excluding hydrogens is 274 g/mol.